The fourth-order valence-electron chi connectivity index (χ4n) is 2.43. The fourth-order valence-corrected chi connectivity index (χ4v) is 2.43. The molecule has 1 heterocycles. The molecule has 0 aromatic carbocycles. The number of nitrogens with zero attached hydrogens (tertiary/aromatic N) is 1. The van der Waals surface area contributed by atoms with Crippen LogP contribution >= 0.6 is 0 Å². The standard InChI is InChI=1S/C15H25N3O5/c1-15(2,3)23-14(22)16-7-12(20)18-8-10(19)6-11(18)13(21)17-9-4-5-9/h9-11,19H,4-8H2,1-3H3,(H,16,22)(H,17,21). The number of nitrogens with one attached hydrogen (secondary N) is 2. The van der Waals surface area contributed by atoms with Crippen molar-refractivity contribution in [1.29, 1.82) is 0 Å². The zero-order valence-electron chi connectivity index (χ0n) is 13.8. The smallest absolute Gasteiger partial charge is 0.408 e. The van der Waals surface area contributed by atoms with E-state index in [2.05, 4.69) is 10.6 Å². The van der Waals surface area contributed by atoms with Gasteiger partial charge in [-0.1, -0.05) is 0 Å². The lowest BCUT2D eigenvalue weighted by molar-refractivity contribution is -0.137. The van der Waals surface area contributed by atoms with Crippen molar-refractivity contribution in [2.45, 2.75) is 63.8 Å². The Bertz CT molecular complexity index is 484. The summed E-state index contributed by atoms with van der Waals surface area (Å²) in [6, 6.07) is -0.490. The van der Waals surface area contributed by atoms with Crippen LogP contribution in [0.3, 0.4) is 0 Å². The summed E-state index contributed by atoms with van der Waals surface area (Å²) in [6.07, 6.45) is 0.709. The minimum Gasteiger partial charge on any atom is -0.444 e. The van der Waals surface area contributed by atoms with Crippen molar-refractivity contribution < 1.29 is 24.2 Å². The summed E-state index contributed by atoms with van der Waals surface area (Å²) in [7, 11) is 0. The minimum absolute atomic E-state index is 0.0948. The zero-order valence-corrected chi connectivity index (χ0v) is 13.8. The van der Waals surface area contributed by atoms with Gasteiger partial charge in [-0.05, 0) is 33.6 Å². The van der Waals surface area contributed by atoms with Crippen molar-refractivity contribution in [3.8, 4) is 0 Å². The fraction of sp³-hybridized carbons (Fsp3) is 0.800. The van der Waals surface area contributed by atoms with Gasteiger partial charge in [0.2, 0.25) is 11.8 Å². The van der Waals surface area contributed by atoms with E-state index in [1.807, 2.05) is 0 Å². The predicted molar refractivity (Wildman–Crippen MR) is 81.5 cm³/mol. The van der Waals surface area contributed by atoms with E-state index in [-0.39, 0.29) is 31.5 Å². The number of amides is 3. The number of likely N-dealkylation sites (tertiary alicyclic amines) is 1. The van der Waals surface area contributed by atoms with Gasteiger partial charge in [0.05, 0.1) is 6.10 Å². The van der Waals surface area contributed by atoms with Crippen molar-refractivity contribution in [1.82, 2.24) is 15.5 Å². The monoisotopic (exact) mass is 327 g/mol. The van der Waals surface area contributed by atoms with E-state index in [9.17, 15) is 19.5 Å². The molecule has 23 heavy (non-hydrogen) atoms. The average Bonchev–Trinajstić information content (AvgIpc) is 3.13. The first kappa shape index (κ1) is 17.5. The van der Waals surface area contributed by atoms with E-state index >= 15 is 0 Å². The van der Waals surface area contributed by atoms with E-state index in [0.29, 0.717) is 0 Å². The number of rotatable bonds is 4. The van der Waals surface area contributed by atoms with E-state index in [4.69, 9.17) is 4.74 Å². The van der Waals surface area contributed by atoms with Gasteiger partial charge in [0, 0.05) is 19.0 Å². The first-order valence-electron chi connectivity index (χ1n) is 7.90. The molecule has 2 unspecified atom stereocenters. The maximum atomic E-state index is 12.2. The van der Waals surface area contributed by atoms with Gasteiger partial charge in [-0.15, -0.1) is 0 Å². The molecule has 1 aliphatic carbocycles. The lowest BCUT2D eigenvalue weighted by Gasteiger charge is -2.24. The molecule has 0 radical (unpaired) electrons. The van der Waals surface area contributed by atoms with Crippen molar-refractivity contribution in [3.05, 3.63) is 0 Å². The van der Waals surface area contributed by atoms with Crippen LogP contribution in [0.5, 0.6) is 0 Å². The molecule has 3 N–H and O–H groups in total. The topological polar surface area (TPSA) is 108 Å². The number of hydrogen-bond donors (Lipinski definition) is 3. The molecule has 8 heteroatoms. The molecule has 8 nitrogen and oxygen atoms in total. The number of aliphatic hydroxyl groups excluding tert-OH is 1. The first-order valence-corrected chi connectivity index (χ1v) is 7.90. The molecule has 1 saturated heterocycles. The van der Waals surface area contributed by atoms with Crippen LogP contribution < -0.4 is 10.6 Å². The Morgan fingerprint density at radius 2 is 1.91 bits per heavy atom. The molecular weight excluding hydrogens is 302 g/mol. The number of ether oxygens (including phenoxy) is 1. The normalized spacial score (nSPS) is 24.3. The van der Waals surface area contributed by atoms with Crippen LogP contribution in [0.1, 0.15) is 40.0 Å². The molecule has 0 spiro atoms. The maximum Gasteiger partial charge on any atom is 0.408 e. The number of hydrogen-bond acceptors (Lipinski definition) is 5. The van der Waals surface area contributed by atoms with Crippen molar-refractivity contribution in [3.63, 3.8) is 0 Å². The van der Waals surface area contributed by atoms with Crippen LogP contribution in [0.25, 0.3) is 0 Å². The van der Waals surface area contributed by atoms with Gasteiger partial charge in [-0.25, -0.2) is 4.79 Å². The summed E-state index contributed by atoms with van der Waals surface area (Å²) < 4.78 is 5.06. The van der Waals surface area contributed by atoms with Crippen LogP contribution in [-0.2, 0) is 14.3 Å². The molecule has 0 aromatic heterocycles. The summed E-state index contributed by atoms with van der Waals surface area (Å²) in [5, 5.41) is 15.0. The Balaban J connectivity index is 1.86. The lowest BCUT2D eigenvalue weighted by atomic mass is 10.2. The summed E-state index contributed by atoms with van der Waals surface area (Å²) >= 11 is 0. The van der Waals surface area contributed by atoms with Gasteiger partial charge in [-0.2, -0.15) is 0 Å². The maximum absolute atomic E-state index is 12.2. The van der Waals surface area contributed by atoms with Gasteiger partial charge in [0.15, 0.2) is 0 Å². The summed E-state index contributed by atoms with van der Waals surface area (Å²) in [5.41, 5.74) is -0.649. The SMILES string of the molecule is CC(C)(C)OC(=O)NCC(=O)N1CC(O)CC1C(=O)NC1CC1. The van der Waals surface area contributed by atoms with Gasteiger partial charge in [0.25, 0.3) is 0 Å². The highest BCUT2D eigenvalue weighted by atomic mass is 16.6. The second-order valence-corrected chi connectivity index (χ2v) is 7.09. The molecule has 0 bridgehead atoms. The minimum atomic E-state index is -0.726. The van der Waals surface area contributed by atoms with Crippen molar-refractivity contribution in [2.24, 2.45) is 0 Å². The molecule has 0 aromatic rings. The molecule has 3 amide bonds. The summed E-state index contributed by atoms with van der Waals surface area (Å²) in [6.45, 7) is 5.00. The van der Waals surface area contributed by atoms with Gasteiger partial charge in [-0.3, -0.25) is 9.59 Å². The average molecular weight is 327 g/mol. The van der Waals surface area contributed by atoms with E-state index in [1.54, 1.807) is 20.8 Å². The first-order chi connectivity index (χ1) is 10.7. The molecule has 2 atom stereocenters. The molecular formula is C15H25N3O5. The molecule has 2 aliphatic rings. The third-order valence-corrected chi connectivity index (χ3v) is 3.61. The number of β-amino-alcohol motifs (C(OH)–C–C–N with tert-alkyl or cyclic N) is 1. The Kier molecular flexibility index (Phi) is 5.13. The quantitative estimate of drug-likeness (QED) is 0.660. The number of carbonyl (C=O) groups is 3. The summed E-state index contributed by atoms with van der Waals surface area (Å²) in [5.74, 6) is -0.655. The largest absolute Gasteiger partial charge is 0.444 e. The highest BCUT2D eigenvalue weighted by Crippen LogP contribution is 2.22. The molecule has 2 rings (SSSR count). The Labute approximate surface area is 135 Å². The zero-order chi connectivity index (χ0) is 17.2. The van der Waals surface area contributed by atoms with Gasteiger partial charge >= 0.3 is 6.09 Å². The Morgan fingerprint density at radius 3 is 2.48 bits per heavy atom. The molecule has 1 aliphatic heterocycles. The van der Waals surface area contributed by atoms with Crippen molar-refractivity contribution in [2.75, 3.05) is 13.1 Å². The van der Waals surface area contributed by atoms with E-state index in [0.717, 1.165) is 12.8 Å². The second kappa shape index (κ2) is 6.74. The van der Waals surface area contributed by atoms with Gasteiger partial charge < -0.3 is 25.4 Å². The number of aliphatic hydroxyl groups is 1. The molecule has 2 fully saturated rings. The third-order valence-electron chi connectivity index (χ3n) is 3.61. The van der Waals surface area contributed by atoms with Gasteiger partial charge in [0.1, 0.15) is 18.2 Å². The molecule has 130 valence electrons. The van der Waals surface area contributed by atoms with Crippen LogP contribution in [0, 0.1) is 0 Å². The third kappa shape index (κ3) is 5.38. The predicted octanol–water partition coefficient (Wildman–Crippen LogP) is -0.248. The van der Waals surface area contributed by atoms with E-state index in [1.165, 1.54) is 4.90 Å². The van der Waals surface area contributed by atoms with Crippen molar-refractivity contribution >= 4 is 17.9 Å². The summed E-state index contributed by atoms with van der Waals surface area (Å²) in [4.78, 5) is 37.3. The second-order valence-electron chi connectivity index (χ2n) is 7.09. The Morgan fingerprint density at radius 1 is 1.26 bits per heavy atom. The van der Waals surface area contributed by atoms with Crippen LogP contribution in [0.15, 0.2) is 0 Å². The number of alkyl carbamates (subject to hydrolysis) is 1. The van der Waals surface area contributed by atoms with Crippen LogP contribution in [0.2, 0.25) is 0 Å². The highest BCUT2D eigenvalue weighted by molar-refractivity contribution is 5.90. The number of carbonyl (C=O) groups excluding carboxylic acids is 3. The van der Waals surface area contributed by atoms with Crippen LogP contribution in [-0.4, -0.2) is 64.8 Å². The van der Waals surface area contributed by atoms with Crippen LogP contribution in [0.4, 0.5) is 4.79 Å². The highest BCUT2D eigenvalue weighted by Gasteiger charge is 2.40. The van der Waals surface area contributed by atoms with E-state index < -0.39 is 29.7 Å². The molecule has 1 saturated carbocycles. The lowest BCUT2D eigenvalue weighted by Crippen LogP contribution is -2.49. The Hall–Kier alpha value is -1.83.